The smallest absolute Gasteiger partial charge is 0.322 e. The number of methoxy groups -OCH3 is 1. The number of carbonyl (C=O) groups is 2. The second-order valence-corrected chi connectivity index (χ2v) is 7.24. The zero-order chi connectivity index (χ0) is 22.5. The van der Waals surface area contributed by atoms with Crippen LogP contribution in [0.15, 0.2) is 82.8 Å². The number of hydrogen-bond donors (Lipinski definition) is 1. The van der Waals surface area contributed by atoms with Gasteiger partial charge in [0.1, 0.15) is 17.5 Å². The van der Waals surface area contributed by atoms with Crippen molar-refractivity contribution in [1.29, 1.82) is 0 Å². The largest absolute Gasteiger partial charge is 0.495 e. The number of aliphatic imine (C=N–C) groups is 2. The lowest BCUT2D eigenvalue weighted by molar-refractivity contribution is -0.118. The van der Waals surface area contributed by atoms with Gasteiger partial charge in [-0.05, 0) is 35.9 Å². The molecule has 1 aliphatic carbocycles. The molecule has 0 spiro atoms. The van der Waals surface area contributed by atoms with Gasteiger partial charge in [0.25, 0.3) is 5.91 Å². The van der Waals surface area contributed by atoms with Gasteiger partial charge < -0.3 is 15.0 Å². The Balaban J connectivity index is 1.59. The zero-order valence-corrected chi connectivity index (χ0v) is 17.4. The number of para-hydroxylation sites is 2. The van der Waals surface area contributed by atoms with Crippen LogP contribution in [0, 0.1) is 11.7 Å². The first-order valence-electron chi connectivity index (χ1n) is 10.0. The minimum absolute atomic E-state index is 0.00211. The number of nitrogens with zero attached hydrogens (tertiary/aromatic N) is 3. The first-order chi connectivity index (χ1) is 15.5. The quantitative estimate of drug-likeness (QED) is 0.749. The Morgan fingerprint density at radius 3 is 2.66 bits per heavy atom. The number of allylic oxidation sites excluding steroid dienone is 3. The van der Waals surface area contributed by atoms with Gasteiger partial charge in [0.15, 0.2) is 5.84 Å². The predicted octanol–water partition coefficient (Wildman–Crippen LogP) is 3.99. The fraction of sp³-hybridized carbons (Fsp3) is 0.167. The summed E-state index contributed by atoms with van der Waals surface area (Å²) in [4.78, 5) is 35.6. The SMILES string of the molecule is COc1ccccc1NC(=O)N(CC1=NC(=O)C2C=CC=CC2=N1)Cc1ccc(F)cc1. The molecule has 0 saturated carbocycles. The van der Waals surface area contributed by atoms with Gasteiger partial charge in [0, 0.05) is 6.54 Å². The van der Waals surface area contributed by atoms with Gasteiger partial charge in [0.2, 0.25) is 0 Å². The number of nitrogens with one attached hydrogen (secondary N) is 1. The number of urea groups is 1. The van der Waals surface area contributed by atoms with Crippen molar-refractivity contribution in [1.82, 2.24) is 4.90 Å². The third kappa shape index (κ3) is 4.80. The molecule has 1 unspecified atom stereocenters. The second kappa shape index (κ2) is 9.38. The summed E-state index contributed by atoms with van der Waals surface area (Å²) < 4.78 is 18.6. The van der Waals surface area contributed by atoms with Crippen LogP contribution in [0.25, 0.3) is 0 Å². The molecule has 7 nitrogen and oxygen atoms in total. The highest BCUT2D eigenvalue weighted by Gasteiger charge is 2.28. The first-order valence-corrected chi connectivity index (χ1v) is 10.0. The van der Waals surface area contributed by atoms with Gasteiger partial charge in [-0.3, -0.25) is 4.79 Å². The maximum absolute atomic E-state index is 13.3. The number of hydrogen-bond acceptors (Lipinski definition) is 4. The van der Waals surface area contributed by atoms with Gasteiger partial charge in [-0.25, -0.2) is 14.2 Å². The number of carbonyl (C=O) groups excluding carboxylic acids is 2. The number of benzene rings is 2. The molecular formula is C24H21FN4O3. The molecule has 1 N–H and O–H groups in total. The Morgan fingerprint density at radius 2 is 1.88 bits per heavy atom. The molecule has 8 heteroatoms. The summed E-state index contributed by atoms with van der Waals surface area (Å²) in [6.45, 7) is 0.163. The lowest BCUT2D eigenvalue weighted by Crippen LogP contribution is -2.40. The van der Waals surface area contributed by atoms with E-state index in [2.05, 4.69) is 15.3 Å². The molecular weight excluding hydrogens is 411 g/mol. The van der Waals surface area contributed by atoms with Crippen LogP contribution in [0.4, 0.5) is 14.9 Å². The van der Waals surface area contributed by atoms with Crippen molar-refractivity contribution >= 4 is 29.2 Å². The van der Waals surface area contributed by atoms with Crippen LogP contribution in [-0.2, 0) is 11.3 Å². The Hall–Kier alpha value is -4.07. The highest BCUT2D eigenvalue weighted by molar-refractivity contribution is 6.21. The van der Waals surface area contributed by atoms with Crippen molar-refractivity contribution in [3.63, 3.8) is 0 Å². The van der Waals surface area contributed by atoms with Crippen LogP contribution in [0.1, 0.15) is 5.56 Å². The molecule has 2 aromatic rings. The number of halogens is 1. The third-order valence-electron chi connectivity index (χ3n) is 5.02. The minimum atomic E-state index is -0.489. The van der Waals surface area contributed by atoms with Crippen molar-refractivity contribution in [2.75, 3.05) is 19.0 Å². The number of ether oxygens (including phenoxy) is 1. The molecule has 4 rings (SSSR count). The van der Waals surface area contributed by atoms with Gasteiger partial charge in [-0.1, -0.05) is 42.5 Å². The van der Waals surface area contributed by atoms with E-state index in [0.717, 1.165) is 5.56 Å². The molecule has 1 aliphatic heterocycles. The number of fused-ring (bicyclic) bond motifs is 1. The van der Waals surface area contributed by atoms with E-state index in [9.17, 15) is 14.0 Å². The van der Waals surface area contributed by atoms with Gasteiger partial charge in [-0.15, -0.1) is 0 Å². The Morgan fingerprint density at radius 1 is 1.09 bits per heavy atom. The summed E-state index contributed by atoms with van der Waals surface area (Å²) in [7, 11) is 1.52. The Bertz CT molecular complexity index is 1150. The first kappa shape index (κ1) is 21.2. The molecule has 2 aliphatic rings. The topological polar surface area (TPSA) is 83.4 Å². The molecule has 0 aromatic heterocycles. The van der Waals surface area contributed by atoms with Gasteiger partial charge >= 0.3 is 6.03 Å². The van der Waals surface area contributed by atoms with E-state index >= 15 is 0 Å². The van der Waals surface area contributed by atoms with Crippen molar-refractivity contribution in [3.05, 3.63) is 84.2 Å². The molecule has 1 heterocycles. The molecule has 0 radical (unpaired) electrons. The second-order valence-electron chi connectivity index (χ2n) is 7.24. The van der Waals surface area contributed by atoms with E-state index in [1.165, 1.54) is 24.1 Å². The van der Waals surface area contributed by atoms with Crippen LogP contribution >= 0.6 is 0 Å². The van der Waals surface area contributed by atoms with Crippen molar-refractivity contribution in [2.24, 2.45) is 15.9 Å². The summed E-state index contributed by atoms with van der Waals surface area (Å²) in [5.74, 6) is -0.432. The van der Waals surface area contributed by atoms with E-state index in [0.29, 0.717) is 17.1 Å². The maximum atomic E-state index is 13.3. The summed E-state index contributed by atoms with van der Waals surface area (Å²) in [6.07, 6.45) is 7.09. The lowest BCUT2D eigenvalue weighted by Gasteiger charge is -2.25. The van der Waals surface area contributed by atoms with E-state index < -0.39 is 11.9 Å². The van der Waals surface area contributed by atoms with Crippen molar-refractivity contribution in [2.45, 2.75) is 6.54 Å². The Labute approximate surface area is 184 Å². The van der Waals surface area contributed by atoms with Crippen LogP contribution in [0.2, 0.25) is 0 Å². The third-order valence-corrected chi connectivity index (χ3v) is 5.02. The maximum Gasteiger partial charge on any atom is 0.322 e. The van der Waals surface area contributed by atoms with E-state index in [4.69, 9.17) is 4.74 Å². The molecule has 162 valence electrons. The van der Waals surface area contributed by atoms with Crippen LogP contribution in [0.3, 0.4) is 0 Å². The fourth-order valence-electron chi connectivity index (χ4n) is 3.41. The summed E-state index contributed by atoms with van der Waals surface area (Å²) in [5.41, 5.74) is 1.81. The van der Waals surface area contributed by atoms with Crippen LogP contribution in [0.5, 0.6) is 5.75 Å². The normalized spacial score (nSPS) is 16.7. The summed E-state index contributed by atoms with van der Waals surface area (Å²) in [6, 6.07) is 12.5. The highest BCUT2D eigenvalue weighted by Crippen LogP contribution is 2.24. The average molecular weight is 432 g/mol. The summed E-state index contributed by atoms with van der Waals surface area (Å²) in [5, 5.41) is 2.82. The highest BCUT2D eigenvalue weighted by atomic mass is 19.1. The zero-order valence-electron chi connectivity index (χ0n) is 17.4. The van der Waals surface area contributed by atoms with E-state index in [-0.39, 0.29) is 30.6 Å². The number of amidine groups is 1. The molecule has 1 atom stereocenters. The minimum Gasteiger partial charge on any atom is -0.495 e. The monoisotopic (exact) mass is 432 g/mol. The molecule has 3 amide bonds. The molecule has 0 saturated heterocycles. The number of rotatable bonds is 6. The predicted molar refractivity (Wildman–Crippen MR) is 120 cm³/mol. The van der Waals surface area contributed by atoms with E-state index in [1.807, 2.05) is 0 Å². The van der Waals surface area contributed by atoms with Crippen LogP contribution < -0.4 is 10.1 Å². The number of amides is 3. The lowest BCUT2D eigenvalue weighted by atomic mass is 9.96. The van der Waals surface area contributed by atoms with E-state index in [1.54, 1.807) is 60.7 Å². The van der Waals surface area contributed by atoms with Crippen molar-refractivity contribution < 1.29 is 18.7 Å². The standard InChI is InChI=1S/C24H21FN4O3/c1-32-21-9-5-4-8-20(21)27-24(31)29(14-16-10-12-17(25)13-11-16)15-22-26-19-7-3-2-6-18(19)23(30)28-22/h2-13,18H,14-15H2,1H3,(H,27,31). The molecule has 0 bridgehead atoms. The number of anilines is 1. The Kier molecular flexibility index (Phi) is 6.21. The van der Waals surface area contributed by atoms with Gasteiger partial charge in [0.05, 0.1) is 25.1 Å². The molecule has 32 heavy (non-hydrogen) atoms. The molecule has 0 fully saturated rings. The fourth-order valence-corrected chi connectivity index (χ4v) is 3.41. The van der Waals surface area contributed by atoms with Crippen molar-refractivity contribution in [3.8, 4) is 5.75 Å². The average Bonchev–Trinajstić information content (AvgIpc) is 2.80. The van der Waals surface area contributed by atoms with Crippen LogP contribution in [-0.4, -0.2) is 42.0 Å². The summed E-state index contributed by atoms with van der Waals surface area (Å²) >= 11 is 0. The van der Waals surface area contributed by atoms with Gasteiger partial charge in [-0.2, -0.15) is 4.99 Å². The molecule has 2 aromatic carbocycles.